The number of benzene rings is 1. The van der Waals surface area contributed by atoms with Crippen LogP contribution in [-0.4, -0.2) is 36.1 Å². The average Bonchev–Trinajstić information content (AvgIpc) is 2.99. The van der Waals surface area contributed by atoms with Crippen LogP contribution < -0.4 is 10.2 Å². The molecule has 1 aromatic heterocycles. The van der Waals surface area contributed by atoms with E-state index in [1.54, 1.807) is 6.07 Å². The normalized spacial score (nSPS) is 27.1. The van der Waals surface area contributed by atoms with Gasteiger partial charge in [0.05, 0.1) is 11.0 Å². The van der Waals surface area contributed by atoms with Gasteiger partial charge in [-0.1, -0.05) is 0 Å². The third kappa shape index (κ3) is 1.50. The van der Waals surface area contributed by atoms with Crippen LogP contribution in [0.4, 0.5) is 10.3 Å². The predicted octanol–water partition coefficient (Wildman–Crippen LogP) is 1.36. The molecule has 4 nitrogen and oxygen atoms in total. The third-order valence-electron chi connectivity index (χ3n) is 4.12. The Hall–Kier alpha value is -1.62. The SMILES string of the molecule is Fc1ccc2nc(N3CC4CNCC4C3)[nH]c2c1. The molecule has 0 radical (unpaired) electrons. The minimum atomic E-state index is -0.222. The largest absolute Gasteiger partial charge is 0.342 e. The molecule has 2 aliphatic heterocycles. The molecule has 2 saturated heterocycles. The van der Waals surface area contributed by atoms with Crippen LogP contribution in [0.15, 0.2) is 18.2 Å². The van der Waals surface area contributed by atoms with Gasteiger partial charge in [-0.2, -0.15) is 0 Å². The maximum Gasteiger partial charge on any atom is 0.203 e. The molecule has 18 heavy (non-hydrogen) atoms. The highest BCUT2D eigenvalue weighted by molar-refractivity contribution is 5.77. The van der Waals surface area contributed by atoms with E-state index in [0.29, 0.717) is 0 Å². The van der Waals surface area contributed by atoms with Gasteiger partial charge in [-0.15, -0.1) is 0 Å². The minimum Gasteiger partial charge on any atom is -0.342 e. The van der Waals surface area contributed by atoms with Gasteiger partial charge in [0.25, 0.3) is 0 Å². The van der Waals surface area contributed by atoms with Crippen molar-refractivity contribution >= 4 is 17.0 Å². The summed E-state index contributed by atoms with van der Waals surface area (Å²) in [7, 11) is 0. The Balaban J connectivity index is 1.67. The maximum atomic E-state index is 13.1. The molecule has 2 aromatic rings. The van der Waals surface area contributed by atoms with Crippen molar-refractivity contribution in [3.05, 3.63) is 24.0 Å². The van der Waals surface area contributed by atoms with Crippen LogP contribution in [0.3, 0.4) is 0 Å². The lowest BCUT2D eigenvalue weighted by molar-refractivity contribution is 0.533. The lowest BCUT2D eigenvalue weighted by Crippen LogP contribution is -2.26. The number of halogens is 1. The van der Waals surface area contributed by atoms with Crippen molar-refractivity contribution < 1.29 is 4.39 Å². The number of fused-ring (bicyclic) bond motifs is 2. The van der Waals surface area contributed by atoms with Crippen LogP contribution in [0.25, 0.3) is 11.0 Å². The summed E-state index contributed by atoms with van der Waals surface area (Å²) in [6.07, 6.45) is 0. The van der Waals surface area contributed by atoms with Gasteiger partial charge in [0.15, 0.2) is 0 Å². The van der Waals surface area contributed by atoms with Crippen molar-refractivity contribution in [3.8, 4) is 0 Å². The first-order valence-corrected chi connectivity index (χ1v) is 6.40. The molecule has 0 amide bonds. The summed E-state index contributed by atoms with van der Waals surface area (Å²) in [6.45, 7) is 4.30. The van der Waals surface area contributed by atoms with Crippen molar-refractivity contribution in [1.29, 1.82) is 0 Å². The summed E-state index contributed by atoms with van der Waals surface area (Å²) in [6, 6.07) is 4.68. The summed E-state index contributed by atoms with van der Waals surface area (Å²) in [5.41, 5.74) is 1.61. The second-order valence-electron chi connectivity index (χ2n) is 5.31. The number of nitrogens with one attached hydrogen (secondary N) is 2. The molecule has 1 aromatic carbocycles. The molecule has 94 valence electrons. The molecule has 0 bridgehead atoms. The standard InChI is InChI=1S/C13H15FN4/c14-10-1-2-11-12(3-10)17-13(16-11)18-6-8-4-15-5-9(8)7-18/h1-3,8-9,15H,4-7H2,(H,16,17). The quantitative estimate of drug-likeness (QED) is 0.798. The molecule has 3 heterocycles. The van der Waals surface area contributed by atoms with Crippen LogP contribution in [0.1, 0.15) is 0 Å². The summed E-state index contributed by atoms with van der Waals surface area (Å²) < 4.78 is 13.1. The van der Waals surface area contributed by atoms with Gasteiger partial charge < -0.3 is 15.2 Å². The molecule has 0 aliphatic carbocycles. The number of aromatic amines is 1. The first-order valence-electron chi connectivity index (χ1n) is 6.40. The second-order valence-corrected chi connectivity index (χ2v) is 5.31. The topological polar surface area (TPSA) is 44.0 Å². The number of rotatable bonds is 1. The van der Waals surface area contributed by atoms with E-state index in [9.17, 15) is 4.39 Å². The zero-order valence-corrected chi connectivity index (χ0v) is 9.99. The first-order chi connectivity index (χ1) is 8.79. The fraction of sp³-hybridized carbons (Fsp3) is 0.462. The van der Waals surface area contributed by atoms with Crippen LogP contribution >= 0.6 is 0 Å². The molecule has 2 fully saturated rings. The van der Waals surface area contributed by atoms with Crippen LogP contribution in [0, 0.1) is 17.7 Å². The predicted molar refractivity (Wildman–Crippen MR) is 68.1 cm³/mol. The van der Waals surface area contributed by atoms with E-state index >= 15 is 0 Å². The number of H-pyrrole nitrogens is 1. The van der Waals surface area contributed by atoms with Crippen LogP contribution in [0.2, 0.25) is 0 Å². The molecule has 0 saturated carbocycles. The maximum absolute atomic E-state index is 13.1. The Morgan fingerprint density at radius 1 is 1.22 bits per heavy atom. The molecule has 2 atom stereocenters. The third-order valence-corrected chi connectivity index (χ3v) is 4.12. The monoisotopic (exact) mass is 246 g/mol. The Morgan fingerprint density at radius 3 is 2.78 bits per heavy atom. The molecule has 0 spiro atoms. The lowest BCUT2D eigenvalue weighted by atomic mass is 10.0. The molecule has 2 N–H and O–H groups in total. The van der Waals surface area contributed by atoms with E-state index in [-0.39, 0.29) is 5.82 Å². The number of imidazole rings is 1. The summed E-state index contributed by atoms with van der Waals surface area (Å²) in [4.78, 5) is 10.1. The fourth-order valence-electron chi connectivity index (χ4n) is 3.15. The van der Waals surface area contributed by atoms with Crippen LogP contribution in [0.5, 0.6) is 0 Å². The van der Waals surface area contributed by atoms with Gasteiger partial charge in [0.2, 0.25) is 5.95 Å². The van der Waals surface area contributed by atoms with E-state index in [4.69, 9.17) is 0 Å². The van der Waals surface area contributed by atoms with E-state index < -0.39 is 0 Å². The molecular weight excluding hydrogens is 231 g/mol. The van der Waals surface area contributed by atoms with Crippen LogP contribution in [-0.2, 0) is 0 Å². The van der Waals surface area contributed by atoms with Crippen molar-refractivity contribution in [2.45, 2.75) is 0 Å². The van der Waals surface area contributed by atoms with E-state index in [1.165, 1.54) is 12.1 Å². The van der Waals surface area contributed by atoms with Gasteiger partial charge in [0.1, 0.15) is 5.82 Å². The molecule has 4 rings (SSSR count). The number of nitrogens with zero attached hydrogens (tertiary/aromatic N) is 2. The Kier molecular flexibility index (Phi) is 2.11. The lowest BCUT2D eigenvalue weighted by Gasteiger charge is -2.15. The Bertz CT molecular complexity index is 582. The average molecular weight is 246 g/mol. The van der Waals surface area contributed by atoms with Crippen molar-refractivity contribution in [1.82, 2.24) is 15.3 Å². The van der Waals surface area contributed by atoms with Gasteiger partial charge in [0, 0.05) is 26.2 Å². The second kappa shape index (κ2) is 3.68. The number of anilines is 1. The highest BCUT2D eigenvalue weighted by Crippen LogP contribution is 2.30. The summed E-state index contributed by atoms with van der Waals surface area (Å²) in [5.74, 6) is 2.12. The van der Waals surface area contributed by atoms with E-state index in [0.717, 1.165) is 55.0 Å². The number of aromatic nitrogens is 2. The van der Waals surface area contributed by atoms with Gasteiger partial charge in [-0.05, 0) is 30.0 Å². The molecule has 2 aliphatic rings. The molecule has 2 unspecified atom stereocenters. The zero-order chi connectivity index (χ0) is 12.1. The fourth-order valence-corrected chi connectivity index (χ4v) is 3.15. The highest BCUT2D eigenvalue weighted by Gasteiger charge is 2.37. The molecule has 5 heteroatoms. The van der Waals surface area contributed by atoms with Gasteiger partial charge >= 0.3 is 0 Å². The summed E-state index contributed by atoms with van der Waals surface area (Å²) >= 11 is 0. The van der Waals surface area contributed by atoms with Crippen molar-refractivity contribution in [2.24, 2.45) is 11.8 Å². The Morgan fingerprint density at radius 2 is 2.00 bits per heavy atom. The van der Waals surface area contributed by atoms with Gasteiger partial charge in [-0.25, -0.2) is 9.37 Å². The van der Waals surface area contributed by atoms with Crippen molar-refractivity contribution in [3.63, 3.8) is 0 Å². The first kappa shape index (κ1) is 10.3. The van der Waals surface area contributed by atoms with E-state index in [1.807, 2.05) is 0 Å². The number of hydrogen-bond acceptors (Lipinski definition) is 3. The molecular formula is C13H15FN4. The van der Waals surface area contributed by atoms with Crippen molar-refractivity contribution in [2.75, 3.05) is 31.1 Å². The highest BCUT2D eigenvalue weighted by atomic mass is 19.1. The summed E-state index contributed by atoms with van der Waals surface area (Å²) in [5, 5.41) is 3.42. The minimum absolute atomic E-state index is 0.222. The zero-order valence-electron chi connectivity index (χ0n) is 9.99. The van der Waals surface area contributed by atoms with E-state index in [2.05, 4.69) is 20.2 Å². The Labute approximate surface area is 104 Å². The number of hydrogen-bond donors (Lipinski definition) is 2. The smallest absolute Gasteiger partial charge is 0.203 e. The van der Waals surface area contributed by atoms with Gasteiger partial charge in [-0.3, -0.25) is 0 Å².